The van der Waals surface area contributed by atoms with E-state index in [-0.39, 0.29) is 0 Å². The van der Waals surface area contributed by atoms with Crippen LogP contribution in [0.4, 0.5) is 0 Å². The summed E-state index contributed by atoms with van der Waals surface area (Å²) in [6, 6.07) is 0.678. The van der Waals surface area contributed by atoms with E-state index in [0.29, 0.717) is 12.0 Å². The zero-order valence-corrected chi connectivity index (χ0v) is 10.7. The summed E-state index contributed by atoms with van der Waals surface area (Å²) in [7, 11) is 0. The van der Waals surface area contributed by atoms with Crippen LogP contribution in [0, 0.1) is 0 Å². The molecule has 90 valence electrons. The second-order valence-corrected chi connectivity index (χ2v) is 5.50. The molecule has 2 rings (SSSR count). The molecular formula is C12H21N3S. The Morgan fingerprint density at radius 2 is 2.56 bits per heavy atom. The monoisotopic (exact) mass is 239 g/mol. The molecule has 0 radical (unpaired) electrons. The van der Waals surface area contributed by atoms with Crippen molar-refractivity contribution in [1.29, 1.82) is 0 Å². The lowest BCUT2D eigenvalue weighted by atomic mass is 10.0. The highest BCUT2D eigenvalue weighted by molar-refractivity contribution is 7.09. The molecule has 0 spiro atoms. The molecule has 1 aliphatic heterocycles. The third-order valence-electron chi connectivity index (χ3n) is 3.13. The Kier molecular flexibility index (Phi) is 4.75. The highest BCUT2D eigenvalue weighted by Gasteiger charge is 2.13. The largest absolute Gasteiger partial charge is 0.314 e. The van der Waals surface area contributed by atoms with E-state index in [2.05, 4.69) is 27.9 Å². The van der Waals surface area contributed by atoms with Gasteiger partial charge in [-0.25, -0.2) is 4.98 Å². The number of nitrogens with one attached hydrogen (secondary N) is 2. The Hall–Kier alpha value is -0.450. The van der Waals surface area contributed by atoms with Gasteiger partial charge in [0.25, 0.3) is 0 Å². The first kappa shape index (κ1) is 12.0. The Morgan fingerprint density at radius 3 is 3.25 bits per heavy atom. The minimum atomic E-state index is 0.531. The Morgan fingerprint density at radius 1 is 1.62 bits per heavy atom. The van der Waals surface area contributed by atoms with Crippen LogP contribution < -0.4 is 10.6 Å². The molecular weight excluding hydrogens is 218 g/mol. The molecule has 3 nitrogen and oxygen atoms in total. The average Bonchev–Trinajstić information content (AvgIpc) is 2.84. The highest BCUT2D eigenvalue weighted by Crippen LogP contribution is 2.16. The number of thiazole rings is 1. The number of hydrogen-bond donors (Lipinski definition) is 2. The summed E-state index contributed by atoms with van der Waals surface area (Å²) in [6.07, 6.45) is 5.92. The zero-order valence-electron chi connectivity index (χ0n) is 9.91. The SMILES string of the molecule is CC(CNCC1CCCCN1)c1nccs1. The van der Waals surface area contributed by atoms with Gasteiger partial charge in [0, 0.05) is 36.6 Å². The van der Waals surface area contributed by atoms with Crippen LogP contribution in [0.2, 0.25) is 0 Å². The molecule has 2 heterocycles. The Labute approximate surface area is 102 Å². The van der Waals surface area contributed by atoms with E-state index >= 15 is 0 Å². The molecule has 2 N–H and O–H groups in total. The molecule has 1 aromatic rings. The zero-order chi connectivity index (χ0) is 11.2. The van der Waals surface area contributed by atoms with Gasteiger partial charge in [0.05, 0.1) is 5.01 Å². The third-order valence-corrected chi connectivity index (χ3v) is 4.13. The van der Waals surface area contributed by atoms with Crippen LogP contribution in [-0.4, -0.2) is 30.7 Å². The standard InChI is InChI=1S/C12H21N3S/c1-10(12-15-6-7-16-12)8-13-9-11-4-2-3-5-14-11/h6-7,10-11,13-14H,2-5,8-9H2,1H3. The first-order valence-corrected chi connectivity index (χ1v) is 7.07. The minimum absolute atomic E-state index is 0.531. The summed E-state index contributed by atoms with van der Waals surface area (Å²) in [5.41, 5.74) is 0. The van der Waals surface area contributed by atoms with Crippen molar-refractivity contribution in [2.24, 2.45) is 0 Å². The topological polar surface area (TPSA) is 37.0 Å². The Balaban J connectivity index is 1.63. The van der Waals surface area contributed by atoms with Gasteiger partial charge in [-0.05, 0) is 19.4 Å². The summed E-state index contributed by atoms with van der Waals surface area (Å²) in [4.78, 5) is 4.34. The first-order valence-electron chi connectivity index (χ1n) is 6.20. The molecule has 1 aliphatic rings. The van der Waals surface area contributed by atoms with Crippen LogP contribution in [-0.2, 0) is 0 Å². The predicted molar refractivity (Wildman–Crippen MR) is 69.0 cm³/mol. The predicted octanol–water partition coefficient (Wildman–Crippen LogP) is 1.98. The van der Waals surface area contributed by atoms with Gasteiger partial charge < -0.3 is 10.6 Å². The van der Waals surface area contributed by atoms with Crippen LogP contribution in [0.15, 0.2) is 11.6 Å². The van der Waals surface area contributed by atoms with E-state index in [1.54, 1.807) is 11.3 Å². The van der Waals surface area contributed by atoms with Crippen LogP contribution in [0.5, 0.6) is 0 Å². The van der Waals surface area contributed by atoms with Crippen molar-refractivity contribution in [3.05, 3.63) is 16.6 Å². The van der Waals surface area contributed by atoms with Crippen molar-refractivity contribution >= 4 is 11.3 Å². The van der Waals surface area contributed by atoms with Gasteiger partial charge >= 0.3 is 0 Å². The molecule has 0 aliphatic carbocycles. The minimum Gasteiger partial charge on any atom is -0.314 e. The van der Waals surface area contributed by atoms with Gasteiger partial charge in [0.2, 0.25) is 0 Å². The number of hydrogen-bond acceptors (Lipinski definition) is 4. The maximum absolute atomic E-state index is 4.34. The molecule has 4 heteroatoms. The summed E-state index contributed by atoms with van der Waals surface area (Å²) in [5.74, 6) is 0.531. The molecule has 0 saturated carbocycles. The lowest BCUT2D eigenvalue weighted by Crippen LogP contribution is -2.42. The number of piperidine rings is 1. The fourth-order valence-corrected chi connectivity index (χ4v) is 2.84. The smallest absolute Gasteiger partial charge is 0.0965 e. The van der Waals surface area contributed by atoms with Crippen molar-refractivity contribution < 1.29 is 0 Å². The van der Waals surface area contributed by atoms with Gasteiger partial charge in [0.15, 0.2) is 0 Å². The molecule has 0 amide bonds. The second-order valence-electron chi connectivity index (χ2n) is 4.58. The highest BCUT2D eigenvalue weighted by atomic mass is 32.1. The van der Waals surface area contributed by atoms with Crippen molar-refractivity contribution in [2.45, 2.75) is 38.1 Å². The van der Waals surface area contributed by atoms with Crippen molar-refractivity contribution in [1.82, 2.24) is 15.6 Å². The Bertz CT molecular complexity index is 280. The van der Waals surface area contributed by atoms with Gasteiger partial charge in [-0.3, -0.25) is 0 Å². The summed E-state index contributed by atoms with van der Waals surface area (Å²) >= 11 is 1.75. The first-order chi connectivity index (χ1) is 7.86. The van der Waals surface area contributed by atoms with E-state index in [1.165, 1.54) is 30.8 Å². The van der Waals surface area contributed by atoms with Gasteiger partial charge in [-0.2, -0.15) is 0 Å². The molecule has 0 bridgehead atoms. The molecule has 1 saturated heterocycles. The van der Waals surface area contributed by atoms with E-state index in [4.69, 9.17) is 0 Å². The molecule has 2 unspecified atom stereocenters. The molecule has 1 fully saturated rings. The number of rotatable bonds is 5. The van der Waals surface area contributed by atoms with Crippen molar-refractivity contribution in [2.75, 3.05) is 19.6 Å². The van der Waals surface area contributed by atoms with Gasteiger partial charge in [-0.1, -0.05) is 13.3 Å². The van der Waals surface area contributed by atoms with Crippen molar-refractivity contribution in [3.63, 3.8) is 0 Å². The molecule has 2 atom stereocenters. The van der Waals surface area contributed by atoms with E-state index in [1.807, 2.05) is 6.20 Å². The van der Waals surface area contributed by atoms with Gasteiger partial charge in [-0.15, -0.1) is 11.3 Å². The maximum Gasteiger partial charge on any atom is 0.0965 e. The lowest BCUT2D eigenvalue weighted by molar-refractivity contribution is 0.381. The van der Waals surface area contributed by atoms with E-state index in [9.17, 15) is 0 Å². The summed E-state index contributed by atoms with van der Waals surface area (Å²) < 4.78 is 0. The third kappa shape index (κ3) is 3.54. The van der Waals surface area contributed by atoms with Crippen LogP contribution in [0.1, 0.15) is 37.1 Å². The quantitative estimate of drug-likeness (QED) is 0.825. The van der Waals surface area contributed by atoms with Crippen molar-refractivity contribution in [3.8, 4) is 0 Å². The van der Waals surface area contributed by atoms with Gasteiger partial charge in [0.1, 0.15) is 0 Å². The average molecular weight is 239 g/mol. The number of aromatic nitrogens is 1. The van der Waals surface area contributed by atoms with E-state index in [0.717, 1.165) is 13.1 Å². The van der Waals surface area contributed by atoms with E-state index < -0.39 is 0 Å². The summed E-state index contributed by atoms with van der Waals surface area (Å²) in [6.45, 7) is 5.55. The fraction of sp³-hybridized carbons (Fsp3) is 0.750. The lowest BCUT2D eigenvalue weighted by Gasteiger charge is -2.24. The van der Waals surface area contributed by atoms with Crippen LogP contribution >= 0.6 is 11.3 Å². The summed E-state index contributed by atoms with van der Waals surface area (Å²) in [5, 5.41) is 10.4. The second kappa shape index (κ2) is 6.33. The van der Waals surface area contributed by atoms with Crippen LogP contribution in [0.3, 0.4) is 0 Å². The molecule has 1 aromatic heterocycles. The molecule has 16 heavy (non-hydrogen) atoms. The maximum atomic E-state index is 4.34. The normalized spacial score (nSPS) is 23.2. The fourth-order valence-electron chi connectivity index (χ4n) is 2.14. The molecule has 0 aromatic carbocycles. The number of nitrogens with zero attached hydrogens (tertiary/aromatic N) is 1. The van der Waals surface area contributed by atoms with Crippen LogP contribution in [0.25, 0.3) is 0 Å².